The third-order valence-electron chi connectivity index (χ3n) is 3.44. The van der Waals surface area contributed by atoms with Gasteiger partial charge in [-0.1, -0.05) is 12.1 Å². The number of rotatable bonds is 6. The summed E-state index contributed by atoms with van der Waals surface area (Å²) in [6, 6.07) is 12.2. The van der Waals surface area contributed by atoms with E-state index in [2.05, 4.69) is 15.0 Å². The van der Waals surface area contributed by atoms with Crippen molar-refractivity contribution < 1.29 is 18.3 Å². The number of carbonyl (C=O) groups excluding carboxylic acids is 1. The number of sulfonamides is 1. The van der Waals surface area contributed by atoms with Gasteiger partial charge in [0, 0.05) is 23.2 Å². The third-order valence-corrected chi connectivity index (χ3v) is 5.72. The Morgan fingerprint density at radius 1 is 1.15 bits per heavy atom. The molecule has 3 aromatic rings. The molecule has 0 fully saturated rings. The van der Waals surface area contributed by atoms with Crippen LogP contribution in [0.2, 0.25) is 0 Å². The van der Waals surface area contributed by atoms with Crippen LogP contribution < -0.4 is 10.0 Å². The van der Waals surface area contributed by atoms with Crippen LogP contribution in [-0.2, 0) is 16.6 Å². The maximum Gasteiger partial charge on any atom is 0.256 e. The molecule has 2 aromatic heterocycles. The molecule has 9 heteroatoms. The molecular weight excluding hydrogens is 374 g/mol. The van der Waals surface area contributed by atoms with Gasteiger partial charge in [-0.15, -0.1) is 11.3 Å². The molecule has 26 heavy (non-hydrogen) atoms. The van der Waals surface area contributed by atoms with Crippen LogP contribution in [0.5, 0.6) is 5.75 Å². The summed E-state index contributed by atoms with van der Waals surface area (Å²) >= 11 is 1.45. The standard InChI is InChI=1S/C17H15N3O4S2/c21-15-7-2-8-18-16(15)20-17(22)12-4-1-6-14(10-12)26(23,24)19-11-13-5-3-9-25-13/h1-10,19,21H,11H2,(H,18,20,22). The number of carbonyl (C=O) groups is 1. The summed E-state index contributed by atoms with van der Waals surface area (Å²) in [6.45, 7) is 0.179. The number of pyridine rings is 1. The van der Waals surface area contributed by atoms with Gasteiger partial charge < -0.3 is 10.4 Å². The van der Waals surface area contributed by atoms with Gasteiger partial charge in [-0.2, -0.15) is 0 Å². The zero-order valence-electron chi connectivity index (χ0n) is 13.4. The highest BCUT2D eigenvalue weighted by atomic mass is 32.2. The fourth-order valence-corrected chi connectivity index (χ4v) is 3.93. The van der Waals surface area contributed by atoms with E-state index in [1.807, 2.05) is 17.5 Å². The number of hydrogen-bond acceptors (Lipinski definition) is 6. The Hall–Kier alpha value is -2.75. The summed E-state index contributed by atoms with van der Waals surface area (Å²) in [4.78, 5) is 17.0. The van der Waals surface area contributed by atoms with Crippen molar-refractivity contribution in [3.63, 3.8) is 0 Å². The van der Waals surface area contributed by atoms with E-state index in [0.29, 0.717) is 0 Å². The van der Waals surface area contributed by atoms with E-state index in [-0.39, 0.29) is 28.6 Å². The molecule has 0 unspecified atom stereocenters. The van der Waals surface area contributed by atoms with Gasteiger partial charge in [0.25, 0.3) is 5.91 Å². The first kappa shape index (κ1) is 18.1. The molecule has 0 aliphatic heterocycles. The lowest BCUT2D eigenvalue weighted by Crippen LogP contribution is -2.23. The Balaban J connectivity index is 1.76. The lowest BCUT2D eigenvalue weighted by Gasteiger charge is -2.09. The molecule has 0 spiro atoms. The van der Waals surface area contributed by atoms with E-state index in [1.165, 1.54) is 53.9 Å². The monoisotopic (exact) mass is 389 g/mol. The fourth-order valence-electron chi connectivity index (χ4n) is 2.14. The molecule has 3 N–H and O–H groups in total. The van der Waals surface area contributed by atoms with Crippen LogP contribution in [0.15, 0.2) is 65.0 Å². The van der Waals surface area contributed by atoms with Gasteiger partial charge in [0.05, 0.1) is 4.90 Å². The molecule has 2 heterocycles. The molecule has 134 valence electrons. The predicted octanol–water partition coefficient (Wildman–Crippen LogP) is 2.58. The summed E-state index contributed by atoms with van der Waals surface area (Å²) < 4.78 is 27.3. The minimum Gasteiger partial charge on any atom is -0.504 e. The van der Waals surface area contributed by atoms with E-state index >= 15 is 0 Å². The minimum absolute atomic E-state index is 0.00146. The van der Waals surface area contributed by atoms with Crippen LogP contribution >= 0.6 is 11.3 Å². The zero-order valence-corrected chi connectivity index (χ0v) is 15.0. The number of aromatic hydroxyl groups is 1. The normalized spacial score (nSPS) is 11.2. The summed E-state index contributed by atoms with van der Waals surface area (Å²) in [6.07, 6.45) is 1.42. The van der Waals surface area contributed by atoms with Gasteiger partial charge in [0.15, 0.2) is 11.6 Å². The summed E-state index contributed by atoms with van der Waals surface area (Å²) in [7, 11) is -3.76. The fraction of sp³-hybridized carbons (Fsp3) is 0.0588. The van der Waals surface area contributed by atoms with Gasteiger partial charge in [0.2, 0.25) is 10.0 Å². The molecule has 0 radical (unpaired) electrons. The number of anilines is 1. The van der Waals surface area contributed by atoms with Crippen LogP contribution in [0.25, 0.3) is 0 Å². The second-order valence-corrected chi connectivity index (χ2v) is 8.06. The lowest BCUT2D eigenvalue weighted by molar-refractivity contribution is 0.102. The molecule has 0 aliphatic rings. The first-order chi connectivity index (χ1) is 12.5. The molecule has 0 aliphatic carbocycles. The second-order valence-electron chi connectivity index (χ2n) is 5.26. The topological polar surface area (TPSA) is 108 Å². The Morgan fingerprint density at radius 3 is 2.73 bits per heavy atom. The van der Waals surface area contributed by atoms with E-state index in [9.17, 15) is 18.3 Å². The number of nitrogens with zero attached hydrogens (tertiary/aromatic N) is 1. The maximum atomic E-state index is 12.4. The zero-order chi connectivity index (χ0) is 18.6. The SMILES string of the molecule is O=C(Nc1ncccc1O)c1cccc(S(=O)(=O)NCc2cccs2)c1. The molecule has 3 rings (SSSR count). The van der Waals surface area contributed by atoms with Crippen LogP contribution in [-0.4, -0.2) is 24.4 Å². The van der Waals surface area contributed by atoms with Gasteiger partial charge >= 0.3 is 0 Å². The molecular formula is C17H15N3O4S2. The van der Waals surface area contributed by atoms with E-state index < -0.39 is 15.9 Å². The number of nitrogens with one attached hydrogen (secondary N) is 2. The third kappa shape index (κ3) is 4.26. The molecule has 7 nitrogen and oxygen atoms in total. The van der Waals surface area contributed by atoms with Crippen molar-refractivity contribution in [2.24, 2.45) is 0 Å². The number of benzene rings is 1. The highest BCUT2D eigenvalue weighted by Crippen LogP contribution is 2.20. The van der Waals surface area contributed by atoms with Crippen molar-refractivity contribution in [3.8, 4) is 5.75 Å². The highest BCUT2D eigenvalue weighted by Gasteiger charge is 2.17. The van der Waals surface area contributed by atoms with E-state index in [0.717, 1.165) is 4.88 Å². The van der Waals surface area contributed by atoms with Gasteiger partial charge in [-0.3, -0.25) is 4.79 Å². The van der Waals surface area contributed by atoms with Gasteiger partial charge in [-0.05, 0) is 41.8 Å². The quantitative estimate of drug-likeness (QED) is 0.600. The van der Waals surface area contributed by atoms with E-state index in [4.69, 9.17) is 0 Å². The van der Waals surface area contributed by atoms with Gasteiger partial charge in [0.1, 0.15) is 0 Å². The second kappa shape index (κ2) is 7.65. The molecule has 1 amide bonds. The van der Waals surface area contributed by atoms with Crippen LogP contribution in [0.4, 0.5) is 5.82 Å². The summed E-state index contributed by atoms with van der Waals surface area (Å²) in [5, 5.41) is 14.0. The van der Waals surface area contributed by atoms with Crippen molar-refractivity contribution in [2.75, 3.05) is 5.32 Å². The molecule has 0 atom stereocenters. The smallest absolute Gasteiger partial charge is 0.256 e. The Kier molecular flexibility index (Phi) is 5.31. The maximum absolute atomic E-state index is 12.4. The summed E-state index contributed by atoms with van der Waals surface area (Å²) in [5.74, 6) is -0.752. The van der Waals surface area contributed by atoms with Crippen molar-refractivity contribution in [2.45, 2.75) is 11.4 Å². The predicted molar refractivity (Wildman–Crippen MR) is 98.6 cm³/mol. The Bertz CT molecular complexity index is 1020. The molecule has 0 saturated carbocycles. The average molecular weight is 389 g/mol. The average Bonchev–Trinajstić information content (AvgIpc) is 3.16. The van der Waals surface area contributed by atoms with E-state index in [1.54, 1.807) is 0 Å². The Morgan fingerprint density at radius 2 is 2.00 bits per heavy atom. The molecule has 0 bridgehead atoms. The minimum atomic E-state index is -3.76. The van der Waals surface area contributed by atoms with Crippen molar-refractivity contribution in [1.82, 2.24) is 9.71 Å². The van der Waals surface area contributed by atoms with Crippen LogP contribution in [0.1, 0.15) is 15.2 Å². The van der Waals surface area contributed by atoms with Crippen molar-refractivity contribution in [1.29, 1.82) is 0 Å². The lowest BCUT2D eigenvalue weighted by atomic mass is 10.2. The van der Waals surface area contributed by atoms with Crippen molar-refractivity contribution >= 4 is 33.1 Å². The van der Waals surface area contributed by atoms with Crippen molar-refractivity contribution in [3.05, 3.63) is 70.5 Å². The first-order valence-corrected chi connectivity index (χ1v) is 9.89. The molecule has 0 saturated heterocycles. The van der Waals surface area contributed by atoms with Crippen LogP contribution in [0.3, 0.4) is 0 Å². The number of aromatic nitrogens is 1. The summed E-state index contributed by atoms with van der Waals surface area (Å²) in [5.41, 5.74) is 0.133. The molecule has 1 aromatic carbocycles. The Labute approximate surface area is 154 Å². The number of amides is 1. The number of hydrogen-bond donors (Lipinski definition) is 3. The number of thiophene rings is 1. The van der Waals surface area contributed by atoms with Crippen LogP contribution in [0, 0.1) is 0 Å². The largest absolute Gasteiger partial charge is 0.504 e. The van der Waals surface area contributed by atoms with Gasteiger partial charge in [-0.25, -0.2) is 18.1 Å². The first-order valence-electron chi connectivity index (χ1n) is 7.53. The highest BCUT2D eigenvalue weighted by molar-refractivity contribution is 7.89.